The van der Waals surface area contributed by atoms with Gasteiger partial charge in [0.05, 0.1) is 0 Å². The number of phenolic OH excluding ortho intramolecular Hbond substituents is 1. The molecule has 3 N–H and O–H groups in total. The van der Waals surface area contributed by atoms with Crippen LogP contribution in [0.3, 0.4) is 0 Å². The van der Waals surface area contributed by atoms with Gasteiger partial charge < -0.3 is 15.7 Å². The molecule has 1 atom stereocenters. The third-order valence-electron chi connectivity index (χ3n) is 3.49. The quantitative estimate of drug-likeness (QED) is 0.802. The lowest BCUT2D eigenvalue weighted by molar-refractivity contribution is 0.476. The number of aromatic nitrogens is 1. The van der Waals surface area contributed by atoms with Crippen LogP contribution in [0.1, 0.15) is 12.8 Å². The van der Waals surface area contributed by atoms with Crippen molar-refractivity contribution in [1.29, 1.82) is 0 Å². The number of aromatic hydroxyl groups is 1. The fourth-order valence-electron chi connectivity index (χ4n) is 2.60. The molecule has 1 aromatic carbocycles. The molecule has 0 saturated carbocycles. The van der Waals surface area contributed by atoms with Crippen molar-refractivity contribution in [2.75, 3.05) is 18.0 Å². The molecule has 2 heterocycles. The number of hydrogen-bond donors (Lipinski definition) is 2. The van der Waals surface area contributed by atoms with Crippen molar-refractivity contribution in [1.82, 2.24) is 4.98 Å². The maximum atomic E-state index is 9.63. The third kappa shape index (κ3) is 1.99. The summed E-state index contributed by atoms with van der Waals surface area (Å²) in [7, 11) is 0. The Morgan fingerprint density at radius 1 is 1.33 bits per heavy atom. The maximum absolute atomic E-state index is 9.63. The first-order valence-electron chi connectivity index (χ1n) is 6.32. The summed E-state index contributed by atoms with van der Waals surface area (Å²) in [6.45, 7) is 1.82. The fraction of sp³-hybridized carbons (Fsp3) is 0.357. The molecule has 0 amide bonds. The van der Waals surface area contributed by atoms with Crippen LogP contribution in [-0.2, 0) is 0 Å². The Morgan fingerprint density at radius 3 is 3.06 bits per heavy atom. The van der Waals surface area contributed by atoms with Crippen molar-refractivity contribution >= 4 is 16.6 Å². The highest BCUT2D eigenvalue weighted by atomic mass is 16.3. The van der Waals surface area contributed by atoms with E-state index >= 15 is 0 Å². The van der Waals surface area contributed by atoms with Crippen molar-refractivity contribution in [3.63, 3.8) is 0 Å². The highest BCUT2D eigenvalue weighted by Crippen LogP contribution is 2.29. The van der Waals surface area contributed by atoms with Gasteiger partial charge in [-0.3, -0.25) is 0 Å². The van der Waals surface area contributed by atoms with Crippen LogP contribution in [0, 0.1) is 0 Å². The second kappa shape index (κ2) is 4.46. The summed E-state index contributed by atoms with van der Waals surface area (Å²) in [5, 5.41) is 11.7. The Balaban J connectivity index is 2.07. The number of anilines is 1. The molecule has 1 fully saturated rings. The predicted octanol–water partition coefficient (Wildman–Crippen LogP) is 1.87. The molecule has 1 aliphatic heterocycles. The van der Waals surface area contributed by atoms with Gasteiger partial charge in [0, 0.05) is 30.7 Å². The van der Waals surface area contributed by atoms with E-state index in [1.807, 2.05) is 18.3 Å². The van der Waals surface area contributed by atoms with Gasteiger partial charge in [0.1, 0.15) is 11.6 Å². The van der Waals surface area contributed by atoms with Crippen LogP contribution in [0.4, 0.5) is 5.82 Å². The van der Waals surface area contributed by atoms with E-state index in [1.165, 1.54) is 0 Å². The molecule has 1 aromatic heterocycles. The fourth-order valence-corrected chi connectivity index (χ4v) is 2.60. The molecule has 0 spiro atoms. The summed E-state index contributed by atoms with van der Waals surface area (Å²) in [6, 6.07) is 7.57. The summed E-state index contributed by atoms with van der Waals surface area (Å²) in [5.41, 5.74) is 6.02. The van der Waals surface area contributed by atoms with E-state index in [9.17, 15) is 5.11 Å². The number of pyridine rings is 1. The number of nitrogens with zero attached hydrogens (tertiary/aromatic N) is 2. The standard InChI is InChI=1S/C14H17N3O/c15-11-2-1-7-17(9-11)14-13-8-12(18)4-3-10(13)5-6-16-14/h3-6,8,11,18H,1-2,7,9,15H2/t11-/m1/s1. The van der Waals surface area contributed by atoms with Gasteiger partial charge in [-0.05, 0) is 36.4 Å². The smallest absolute Gasteiger partial charge is 0.136 e. The largest absolute Gasteiger partial charge is 0.508 e. The van der Waals surface area contributed by atoms with Crippen LogP contribution in [0.5, 0.6) is 5.75 Å². The summed E-state index contributed by atoms with van der Waals surface area (Å²) in [5.74, 6) is 1.21. The molecular weight excluding hydrogens is 226 g/mol. The van der Waals surface area contributed by atoms with Gasteiger partial charge in [-0.2, -0.15) is 0 Å². The number of piperidine rings is 1. The molecule has 4 heteroatoms. The summed E-state index contributed by atoms with van der Waals surface area (Å²) >= 11 is 0. The van der Waals surface area contributed by atoms with Crippen LogP contribution in [0.15, 0.2) is 30.5 Å². The van der Waals surface area contributed by atoms with Gasteiger partial charge in [0.15, 0.2) is 0 Å². The minimum Gasteiger partial charge on any atom is -0.508 e. The van der Waals surface area contributed by atoms with Gasteiger partial charge in [-0.15, -0.1) is 0 Å². The van der Waals surface area contributed by atoms with Gasteiger partial charge in [0.25, 0.3) is 0 Å². The average Bonchev–Trinajstić information content (AvgIpc) is 2.38. The first-order valence-corrected chi connectivity index (χ1v) is 6.32. The Labute approximate surface area is 106 Å². The lowest BCUT2D eigenvalue weighted by atomic mass is 10.1. The lowest BCUT2D eigenvalue weighted by Gasteiger charge is -2.32. The highest BCUT2D eigenvalue weighted by molar-refractivity contribution is 5.93. The molecule has 0 radical (unpaired) electrons. The van der Waals surface area contributed by atoms with E-state index in [0.717, 1.165) is 42.5 Å². The molecule has 3 rings (SSSR count). The highest BCUT2D eigenvalue weighted by Gasteiger charge is 2.19. The zero-order chi connectivity index (χ0) is 12.5. The van der Waals surface area contributed by atoms with Gasteiger partial charge in [-0.25, -0.2) is 4.98 Å². The normalized spacial score (nSPS) is 20.3. The second-order valence-corrected chi connectivity index (χ2v) is 4.89. The van der Waals surface area contributed by atoms with Crippen LogP contribution in [-0.4, -0.2) is 29.2 Å². The number of phenols is 1. The minimum atomic E-state index is 0.216. The van der Waals surface area contributed by atoms with Crippen molar-refractivity contribution < 1.29 is 5.11 Å². The topological polar surface area (TPSA) is 62.4 Å². The summed E-state index contributed by atoms with van der Waals surface area (Å²) in [4.78, 5) is 6.68. The molecule has 0 unspecified atom stereocenters. The van der Waals surface area contributed by atoms with Crippen LogP contribution in [0.2, 0.25) is 0 Å². The van der Waals surface area contributed by atoms with Crippen LogP contribution >= 0.6 is 0 Å². The number of rotatable bonds is 1. The Bertz CT molecular complexity index is 570. The molecule has 1 saturated heterocycles. The molecule has 2 aromatic rings. The van der Waals surface area contributed by atoms with Crippen molar-refractivity contribution in [3.8, 4) is 5.75 Å². The second-order valence-electron chi connectivity index (χ2n) is 4.89. The van der Waals surface area contributed by atoms with Gasteiger partial charge in [-0.1, -0.05) is 6.07 Å². The molecule has 94 valence electrons. The van der Waals surface area contributed by atoms with Gasteiger partial charge >= 0.3 is 0 Å². The molecule has 18 heavy (non-hydrogen) atoms. The van der Waals surface area contributed by atoms with E-state index in [1.54, 1.807) is 12.1 Å². The van der Waals surface area contributed by atoms with E-state index < -0.39 is 0 Å². The SMILES string of the molecule is N[C@@H]1CCCN(c2nccc3ccc(O)cc23)C1. The zero-order valence-electron chi connectivity index (χ0n) is 10.2. The first kappa shape index (κ1) is 11.3. The average molecular weight is 243 g/mol. The van der Waals surface area contributed by atoms with Crippen LogP contribution in [0.25, 0.3) is 10.8 Å². The molecule has 1 aliphatic rings. The molecule has 4 nitrogen and oxygen atoms in total. The molecular formula is C14H17N3O. The number of hydrogen-bond acceptors (Lipinski definition) is 4. The Morgan fingerprint density at radius 2 is 2.22 bits per heavy atom. The van der Waals surface area contributed by atoms with Gasteiger partial charge in [0.2, 0.25) is 0 Å². The predicted molar refractivity (Wildman–Crippen MR) is 72.8 cm³/mol. The maximum Gasteiger partial charge on any atom is 0.136 e. The van der Waals surface area contributed by atoms with Crippen molar-refractivity contribution in [3.05, 3.63) is 30.5 Å². The minimum absolute atomic E-state index is 0.216. The third-order valence-corrected chi connectivity index (χ3v) is 3.49. The van der Waals surface area contributed by atoms with Crippen molar-refractivity contribution in [2.24, 2.45) is 5.73 Å². The molecule has 0 aliphatic carbocycles. The Hall–Kier alpha value is -1.81. The van der Waals surface area contributed by atoms with E-state index in [2.05, 4.69) is 9.88 Å². The Kier molecular flexibility index (Phi) is 2.80. The monoisotopic (exact) mass is 243 g/mol. The lowest BCUT2D eigenvalue weighted by Crippen LogP contribution is -2.43. The molecule has 0 bridgehead atoms. The number of benzene rings is 1. The van der Waals surface area contributed by atoms with Crippen LogP contribution < -0.4 is 10.6 Å². The van der Waals surface area contributed by atoms with E-state index in [4.69, 9.17) is 5.73 Å². The zero-order valence-corrected chi connectivity index (χ0v) is 10.2. The number of nitrogens with two attached hydrogens (primary N) is 1. The summed E-state index contributed by atoms with van der Waals surface area (Å²) in [6.07, 6.45) is 3.99. The first-order chi connectivity index (χ1) is 8.74. The van der Waals surface area contributed by atoms with E-state index in [-0.39, 0.29) is 11.8 Å². The van der Waals surface area contributed by atoms with E-state index in [0.29, 0.717) is 0 Å². The van der Waals surface area contributed by atoms with Crippen molar-refractivity contribution in [2.45, 2.75) is 18.9 Å². The number of fused-ring (bicyclic) bond motifs is 1. The summed E-state index contributed by atoms with van der Waals surface area (Å²) < 4.78 is 0.